The van der Waals surface area contributed by atoms with Crippen molar-refractivity contribution < 1.29 is 9.59 Å². The summed E-state index contributed by atoms with van der Waals surface area (Å²) in [7, 11) is 0. The van der Waals surface area contributed by atoms with E-state index in [1.807, 2.05) is 49.4 Å². The number of carbonyl (C=O) groups is 2. The van der Waals surface area contributed by atoms with Crippen molar-refractivity contribution in [1.82, 2.24) is 5.43 Å². The first kappa shape index (κ1) is 18.5. The van der Waals surface area contributed by atoms with E-state index >= 15 is 0 Å². The van der Waals surface area contributed by atoms with Crippen LogP contribution in [0.3, 0.4) is 0 Å². The van der Waals surface area contributed by atoms with Crippen LogP contribution in [0.15, 0.2) is 71.8 Å². The second-order valence-corrected chi connectivity index (χ2v) is 8.02. The summed E-state index contributed by atoms with van der Waals surface area (Å²) >= 11 is 7.17. The van der Waals surface area contributed by atoms with Crippen molar-refractivity contribution in [1.29, 1.82) is 0 Å². The van der Waals surface area contributed by atoms with Gasteiger partial charge >= 0.3 is 0 Å². The smallest absolute Gasteiger partial charge is 0.271 e. The minimum Gasteiger partial charge on any atom is -0.273 e. The Hall–Kier alpha value is -2.83. The van der Waals surface area contributed by atoms with E-state index in [-0.39, 0.29) is 17.1 Å². The van der Waals surface area contributed by atoms with E-state index in [0.717, 1.165) is 16.5 Å². The number of carbonyl (C=O) groups excluding carboxylic acids is 2. The zero-order valence-electron chi connectivity index (χ0n) is 14.9. The van der Waals surface area contributed by atoms with Gasteiger partial charge in [-0.15, -0.1) is 5.10 Å². The molecule has 28 heavy (non-hydrogen) atoms. The molecule has 0 aromatic heterocycles. The Morgan fingerprint density at radius 2 is 1.79 bits per heavy atom. The zero-order chi connectivity index (χ0) is 19.7. The molecule has 4 rings (SSSR count). The summed E-state index contributed by atoms with van der Waals surface area (Å²) in [4.78, 5) is 26.7. The van der Waals surface area contributed by atoms with Crippen molar-refractivity contribution in [3.63, 3.8) is 0 Å². The summed E-state index contributed by atoms with van der Waals surface area (Å²) in [6.07, 6.45) is 0. The number of nitrogens with one attached hydrogen (secondary N) is 1. The number of thioether (sulfide) groups is 1. The van der Waals surface area contributed by atoms with Crippen molar-refractivity contribution in [2.24, 2.45) is 5.10 Å². The molecule has 0 aliphatic carbocycles. The number of anilines is 1. The molecule has 1 fully saturated rings. The van der Waals surface area contributed by atoms with Crippen molar-refractivity contribution in [2.45, 2.75) is 12.2 Å². The number of amidine groups is 1. The summed E-state index contributed by atoms with van der Waals surface area (Å²) in [5.74, 6) is -0.435. The Kier molecular flexibility index (Phi) is 5.07. The maximum atomic E-state index is 12.8. The number of fused-ring (bicyclic) bond motifs is 1. The van der Waals surface area contributed by atoms with Gasteiger partial charge in [-0.1, -0.05) is 59.8 Å². The number of hydrazone groups is 1. The summed E-state index contributed by atoms with van der Waals surface area (Å²) < 4.78 is 0. The average molecular weight is 410 g/mol. The number of benzene rings is 3. The third kappa shape index (κ3) is 3.48. The standard InChI is InChI=1S/C21H16ClN3O2S/c1-13-20(27)25(18-8-4-6-14-5-2-3-7-17(14)18)21(28-13)24-23-19(26)15-9-11-16(22)12-10-15/h2-13H,1H3,(H,23,26). The van der Waals surface area contributed by atoms with Gasteiger partial charge in [0, 0.05) is 16.0 Å². The highest BCUT2D eigenvalue weighted by Crippen LogP contribution is 2.35. The van der Waals surface area contributed by atoms with Crippen LogP contribution in [0.4, 0.5) is 5.69 Å². The highest BCUT2D eigenvalue weighted by atomic mass is 35.5. The molecule has 1 aliphatic heterocycles. The third-order valence-electron chi connectivity index (χ3n) is 4.41. The maximum Gasteiger partial charge on any atom is 0.271 e. The summed E-state index contributed by atoms with van der Waals surface area (Å²) in [6, 6.07) is 20.2. The van der Waals surface area contributed by atoms with Crippen LogP contribution in [0.5, 0.6) is 0 Å². The van der Waals surface area contributed by atoms with Crippen molar-refractivity contribution in [3.05, 3.63) is 77.3 Å². The van der Waals surface area contributed by atoms with Crippen LogP contribution in [0, 0.1) is 0 Å². The number of hydrogen-bond donors (Lipinski definition) is 1. The van der Waals surface area contributed by atoms with Gasteiger partial charge < -0.3 is 0 Å². The lowest BCUT2D eigenvalue weighted by molar-refractivity contribution is -0.116. The van der Waals surface area contributed by atoms with Crippen molar-refractivity contribution in [3.8, 4) is 0 Å². The Labute approximate surface area is 171 Å². The van der Waals surface area contributed by atoms with Gasteiger partial charge in [0.25, 0.3) is 5.91 Å². The molecule has 1 heterocycles. The summed E-state index contributed by atoms with van der Waals surface area (Å²) in [5, 5.41) is 6.92. The SMILES string of the molecule is CC1SC(=NNC(=O)c2ccc(Cl)cc2)N(c2cccc3ccccc23)C1=O. The average Bonchev–Trinajstić information content (AvgIpc) is 3.00. The van der Waals surface area contributed by atoms with E-state index in [0.29, 0.717) is 15.8 Å². The molecule has 0 radical (unpaired) electrons. The van der Waals surface area contributed by atoms with Gasteiger partial charge in [-0.3, -0.25) is 14.5 Å². The Balaban J connectivity index is 1.67. The number of nitrogens with zero attached hydrogens (tertiary/aromatic N) is 2. The predicted molar refractivity (Wildman–Crippen MR) is 115 cm³/mol. The van der Waals surface area contributed by atoms with E-state index < -0.39 is 0 Å². The van der Waals surface area contributed by atoms with Crippen LogP contribution in [0.2, 0.25) is 5.02 Å². The fourth-order valence-electron chi connectivity index (χ4n) is 3.00. The zero-order valence-corrected chi connectivity index (χ0v) is 16.5. The van der Waals surface area contributed by atoms with Gasteiger partial charge in [0.2, 0.25) is 5.91 Å². The lowest BCUT2D eigenvalue weighted by atomic mass is 10.1. The predicted octanol–water partition coefficient (Wildman–Crippen LogP) is 4.66. The number of hydrogen-bond acceptors (Lipinski definition) is 4. The normalized spacial score (nSPS) is 18.1. The molecular formula is C21H16ClN3O2S. The molecule has 1 atom stereocenters. The molecule has 2 amide bonds. The fraction of sp³-hybridized carbons (Fsp3) is 0.0952. The van der Waals surface area contributed by atoms with Crippen LogP contribution in [0.25, 0.3) is 10.8 Å². The lowest BCUT2D eigenvalue weighted by Gasteiger charge is -2.18. The lowest BCUT2D eigenvalue weighted by Crippen LogP contribution is -2.33. The molecule has 1 unspecified atom stereocenters. The largest absolute Gasteiger partial charge is 0.273 e. The van der Waals surface area contributed by atoms with E-state index in [1.54, 1.807) is 29.2 Å². The van der Waals surface area contributed by atoms with Gasteiger partial charge in [-0.05, 0) is 42.6 Å². The summed E-state index contributed by atoms with van der Waals surface area (Å²) in [5.41, 5.74) is 3.73. The highest BCUT2D eigenvalue weighted by Gasteiger charge is 2.37. The van der Waals surface area contributed by atoms with Gasteiger partial charge in [0.1, 0.15) is 0 Å². The van der Waals surface area contributed by atoms with E-state index in [4.69, 9.17) is 11.6 Å². The minimum atomic E-state index is -0.366. The summed E-state index contributed by atoms with van der Waals surface area (Å²) in [6.45, 7) is 1.83. The molecule has 0 bridgehead atoms. The molecule has 140 valence electrons. The first-order valence-electron chi connectivity index (χ1n) is 8.66. The molecule has 0 spiro atoms. The minimum absolute atomic E-state index is 0.0687. The molecule has 7 heteroatoms. The van der Waals surface area contributed by atoms with E-state index in [2.05, 4.69) is 10.5 Å². The Morgan fingerprint density at radius 3 is 2.57 bits per heavy atom. The van der Waals surface area contributed by atoms with Gasteiger partial charge in [0.15, 0.2) is 5.17 Å². The number of amides is 2. The molecule has 3 aromatic rings. The van der Waals surface area contributed by atoms with Gasteiger partial charge in [-0.2, -0.15) is 0 Å². The maximum absolute atomic E-state index is 12.8. The molecule has 0 saturated carbocycles. The molecular weight excluding hydrogens is 394 g/mol. The van der Waals surface area contributed by atoms with Crippen LogP contribution in [-0.4, -0.2) is 22.2 Å². The van der Waals surface area contributed by atoms with E-state index in [1.165, 1.54) is 11.8 Å². The fourth-order valence-corrected chi connectivity index (χ4v) is 4.04. The molecule has 1 aliphatic rings. The number of rotatable bonds is 3. The first-order chi connectivity index (χ1) is 13.5. The first-order valence-corrected chi connectivity index (χ1v) is 9.92. The molecule has 3 aromatic carbocycles. The van der Waals surface area contributed by atoms with Crippen LogP contribution in [0.1, 0.15) is 17.3 Å². The Bertz CT molecular complexity index is 1090. The second kappa shape index (κ2) is 7.66. The van der Waals surface area contributed by atoms with Crippen LogP contribution in [-0.2, 0) is 4.79 Å². The Morgan fingerprint density at radius 1 is 1.07 bits per heavy atom. The van der Waals surface area contributed by atoms with Crippen LogP contribution < -0.4 is 10.3 Å². The molecule has 5 nitrogen and oxygen atoms in total. The topological polar surface area (TPSA) is 61.8 Å². The van der Waals surface area contributed by atoms with Gasteiger partial charge in [0.05, 0.1) is 10.9 Å². The quantitative estimate of drug-likeness (QED) is 0.640. The highest BCUT2D eigenvalue weighted by molar-refractivity contribution is 8.16. The monoisotopic (exact) mass is 409 g/mol. The molecule has 1 saturated heterocycles. The van der Waals surface area contributed by atoms with E-state index in [9.17, 15) is 9.59 Å². The number of halogens is 1. The van der Waals surface area contributed by atoms with Crippen molar-refractivity contribution in [2.75, 3.05) is 4.90 Å². The molecule has 1 N–H and O–H groups in total. The van der Waals surface area contributed by atoms with Crippen LogP contribution >= 0.6 is 23.4 Å². The van der Waals surface area contributed by atoms with Crippen molar-refractivity contribution >= 4 is 56.8 Å². The second-order valence-electron chi connectivity index (χ2n) is 6.27. The third-order valence-corrected chi connectivity index (χ3v) is 5.70. The van der Waals surface area contributed by atoms with Gasteiger partial charge in [-0.25, -0.2) is 5.43 Å².